The van der Waals surface area contributed by atoms with Gasteiger partial charge >= 0.3 is 5.69 Å². The van der Waals surface area contributed by atoms with Crippen LogP contribution in [0.15, 0.2) is 52.2 Å². The first kappa shape index (κ1) is 26.2. The number of rotatable bonds is 5. The van der Waals surface area contributed by atoms with Gasteiger partial charge in [0.05, 0.1) is 16.7 Å². The van der Waals surface area contributed by atoms with E-state index >= 15 is 0 Å². The fourth-order valence-electron chi connectivity index (χ4n) is 7.20. The van der Waals surface area contributed by atoms with E-state index in [0.717, 1.165) is 11.1 Å². The summed E-state index contributed by atoms with van der Waals surface area (Å²) in [6.07, 6.45) is 3.82. The number of Topliss-reactive ketones (excluding diaryl/α,β-unsaturated/α-hetero) is 1. The average Bonchev–Trinajstić information content (AvgIpc) is 2.92. The Morgan fingerprint density at radius 3 is 2.65 bits per heavy atom. The number of phenols is 1. The molecule has 40 heavy (non-hydrogen) atoms. The van der Waals surface area contributed by atoms with Crippen LogP contribution in [0.3, 0.4) is 0 Å². The minimum atomic E-state index is -1.14. The highest BCUT2D eigenvalue weighted by Crippen LogP contribution is 2.59. The lowest BCUT2D eigenvalue weighted by Crippen LogP contribution is -2.72. The predicted octanol–water partition coefficient (Wildman–Crippen LogP) is 1.39. The summed E-state index contributed by atoms with van der Waals surface area (Å²) in [5, 5.41) is 26.3. The second kappa shape index (κ2) is 9.57. The summed E-state index contributed by atoms with van der Waals surface area (Å²) in [7, 11) is 1.99. The Morgan fingerprint density at radius 2 is 1.90 bits per heavy atom. The Morgan fingerprint density at radius 1 is 1.12 bits per heavy atom. The minimum Gasteiger partial charge on any atom is -0.507 e. The number of hydrogen-bond acceptors (Lipinski definition) is 7. The Hall–Kier alpha value is -4.02. The summed E-state index contributed by atoms with van der Waals surface area (Å²) in [4.78, 5) is 56.0. The van der Waals surface area contributed by atoms with Crippen molar-refractivity contribution in [2.75, 3.05) is 20.1 Å². The number of amides is 1. The van der Waals surface area contributed by atoms with Gasteiger partial charge in [-0.25, -0.2) is 4.79 Å². The van der Waals surface area contributed by atoms with E-state index in [-0.39, 0.29) is 29.6 Å². The zero-order chi connectivity index (χ0) is 28.2. The highest BCUT2D eigenvalue weighted by molar-refractivity contribution is 5.98. The third kappa shape index (κ3) is 4.01. The molecule has 208 valence electrons. The van der Waals surface area contributed by atoms with Crippen LogP contribution in [0.4, 0.5) is 0 Å². The highest BCUT2D eigenvalue weighted by Gasteiger charge is 2.65. The molecular formula is C30H32N4O6. The zero-order valence-corrected chi connectivity index (χ0v) is 22.3. The first-order chi connectivity index (χ1) is 19.1. The quantitative estimate of drug-likeness (QED) is 0.325. The second-order valence-corrected chi connectivity index (χ2v) is 11.4. The number of hydrogen-bond donors (Lipinski definition) is 5. The van der Waals surface area contributed by atoms with Gasteiger partial charge in [0, 0.05) is 42.6 Å². The van der Waals surface area contributed by atoms with E-state index in [1.807, 2.05) is 25.2 Å². The molecule has 10 nitrogen and oxygen atoms in total. The Kier molecular flexibility index (Phi) is 6.27. The first-order valence-electron chi connectivity index (χ1n) is 13.6. The van der Waals surface area contributed by atoms with Crippen LogP contribution in [-0.2, 0) is 23.1 Å². The number of fused-ring (bicyclic) bond motifs is 1. The summed E-state index contributed by atoms with van der Waals surface area (Å²) in [6.45, 7) is 1.01. The van der Waals surface area contributed by atoms with E-state index in [2.05, 4.69) is 20.2 Å². The number of phenolic OH excluding ortho intramolecular Hbond substituents is 1. The van der Waals surface area contributed by atoms with E-state index in [9.17, 15) is 29.4 Å². The molecule has 10 heteroatoms. The van der Waals surface area contributed by atoms with Crippen molar-refractivity contribution in [3.05, 3.63) is 85.7 Å². The topological polar surface area (TPSA) is 156 Å². The van der Waals surface area contributed by atoms with Crippen molar-refractivity contribution in [1.29, 1.82) is 0 Å². The van der Waals surface area contributed by atoms with E-state index < -0.39 is 28.2 Å². The maximum Gasteiger partial charge on any atom is 0.325 e. The number of likely N-dealkylation sites (N-methyl/N-ethyl adjacent to an activating group) is 1. The van der Waals surface area contributed by atoms with Crippen LogP contribution in [-0.4, -0.2) is 68.6 Å². The third-order valence-corrected chi connectivity index (χ3v) is 9.27. The van der Waals surface area contributed by atoms with E-state index in [1.165, 1.54) is 6.20 Å². The van der Waals surface area contributed by atoms with Crippen molar-refractivity contribution < 1.29 is 19.8 Å². The fraction of sp³-hybridized carbons (Fsp3) is 0.400. The Labute approximate surface area is 230 Å². The Balaban J connectivity index is 1.20. The van der Waals surface area contributed by atoms with Crippen molar-refractivity contribution >= 4 is 11.7 Å². The summed E-state index contributed by atoms with van der Waals surface area (Å²) < 4.78 is 0. The molecule has 2 fully saturated rings. The van der Waals surface area contributed by atoms with Gasteiger partial charge in [-0.2, -0.15) is 0 Å². The molecule has 1 amide bonds. The number of carbonyl (C=O) groups excluding carboxylic acids is 2. The molecule has 3 unspecified atom stereocenters. The molecule has 1 saturated heterocycles. The maximum absolute atomic E-state index is 13.2. The summed E-state index contributed by atoms with van der Waals surface area (Å²) >= 11 is 0. The van der Waals surface area contributed by atoms with Crippen LogP contribution in [0.1, 0.15) is 52.7 Å². The molecule has 1 saturated carbocycles. The molecule has 2 heterocycles. The van der Waals surface area contributed by atoms with Gasteiger partial charge in [-0.15, -0.1) is 0 Å². The molecule has 0 spiro atoms. The summed E-state index contributed by atoms with van der Waals surface area (Å²) in [5.41, 5.74) is 0.441. The molecule has 5 N–H and O–H groups in total. The molecule has 2 aliphatic carbocycles. The predicted molar refractivity (Wildman–Crippen MR) is 147 cm³/mol. The van der Waals surface area contributed by atoms with Crippen molar-refractivity contribution in [3.63, 3.8) is 0 Å². The lowest BCUT2D eigenvalue weighted by Gasteiger charge is -2.62. The van der Waals surface area contributed by atoms with Crippen LogP contribution >= 0.6 is 0 Å². The molecular weight excluding hydrogens is 512 g/mol. The lowest BCUT2D eigenvalue weighted by molar-refractivity contribution is -0.169. The number of benzene rings is 2. The zero-order valence-electron chi connectivity index (χ0n) is 22.3. The molecule has 2 aromatic carbocycles. The standard InChI is InChI=1S/C30H32N4O6/c1-34-13-11-29-15-20(35)8-10-30(29,40)23(34)14-19-6-7-21(25(36)24(19)29)26(37)31-12-9-17-2-4-18(5-3-17)22-16-32-28(39)33-27(22)38/h2-7,16,23,36,40H,8-15H2,1H3,(H,31,37)(H2,32,33,38,39). The monoisotopic (exact) mass is 544 g/mol. The van der Waals surface area contributed by atoms with E-state index in [0.29, 0.717) is 61.9 Å². The normalized spacial score (nSPS) is 25.6. The van der Waals surface area contributed by atoms with Gasteiger partial charge in [0.2, 0.25) is 0 Å². The summed E-state index contributed by atoms with van der Waals surface area (Å²) in [6, 6.07) is 10.6. The largest absolute Gasteiger partial charge is 0.507 e. The number of nitrogens with zero attached hydrogens (tertiary/aromatic N) is 1. The number of carbonyl (C=O) groups is 2. The van der Waals surface area contributed by atoms with Crippen molar-refractivity contribution in [3.8, 4) is 16.9 Å². The molecule has 3 aliphatic rings. The van der Waals surface area contributed by atoms with Crippen LogP contribution in [0, 0.1) is 0 Å². The van der Waals surface area contributed by atoms with Gasteiger partial charge in [0.15, 0.2) is 0 Å². The number of piperidine rings is 1. The van der Waals surface area contributed by atoms with Crippen LogP contribution < -0.4 is 16.6 Å². The smallest absolute Gasteiger partial charge is 0.325 e. The molecule has 1 aromatic heterocycles. The first-order valence-corrected chi connectivity index (χ1v) is 13.6. The number of aliphatic hydroxyl groups is 1. The van der Waals surface area contributed by atoms with Crippen LogP contribution in [0.5, 0.6) is 5.75 Å². The van der Waals surface area contributed by atoms with Gasteiger partial charge in [0.1, 0.15) is 11.5 Å². The number of H-pyrrole nitrogens is 2. The minimum absolute atomic E-state index is 0.0752. The van der Waals surface area contributed by atoms with Gasteiger partial charge < -0.3 is 25.4 Å². The summed E-state index contributed by atoms with van der Waals surface area (Å²) in [5.74, 6) is -0.485. The molecule has 3 atom stereocenters. The molecule has 0 radical (unpaired) electrons. The van der Waals surface area contributed by atoms with Crippen molar-refractivity contribution in [1.82, 2.24) is 20.2 Å². The molecule has 6 rings (SSSR count). The van der Waals surface area contributed by atoms with Gasteiger partial charge in [0.25, 0.3) is 11.5 Å². The number of likely N-dealkylation sites (tertiary alicyclic amines) is 1. The average molecular weight is 545 g/mol. The number of aromatic hydroxyl groups is 1. The number of aromatic amines is 2. The number of aromatic nitrogens is 2. The highest BCUT2D eigenvalue weighted by atomic mass is 16.3. The van der Waals surface area contributed by atoms with Crippen LogP contribution in [0.2, 0.25) is 0 Å². The van der Waals surface area contributed by atoms with Crippen LogP contribution in [0.25, 0.3) is 11.1 Å². The molecule has 1 aliphatic heterocycles. The second-order valence-electron chi connectivity index (χ2n) is 11.4. The number of ketones is 1. The fourth-order valence-corrected chi connectivity index (χ4v) is 7.20. The van der Waals surface area contributed by atoms with E-state index in [4.69, 9.17) is 0 Å². The van der Waals surface area contributed by atoms with Gasteiger partial charge in [-0.1, -0.05) is 30.3 Å². The van der Waals surface area contributed by atoms with Gasteiger partial charge in [-0.05, 0) is 62.0 Å². The lowest BCUT2D eigenvalue weighted by atomic mass is 9.49. The molecule has 2 bridgehead atoms. The third-order valence-electron chi connectivity index (χ3n) is 9.27. The molecule has 3 aromatic rings. The SMILES string of the molecule is CN1CCC23CC(=O)CCC2(O)C1Cc1ccc(C(=O)NCCc2ccc(-c4c[nH]c(=O)[nH]c4=O)cc2)c(O)c13. The van der Waals surface area contributed by atoms with Gasteiger partial charge in [-0.3, -0.25) is 19.4 Å². The Bertz CT molecular complexity index is 1630. The van der Waals surface area contributed by atoms with E-state index in [1.54, 1.807) is 18.2 Å². The maximum atomic E-state index is 13.2. The van der Waals surface area contributed by atoms with Crippen molar-refractivity contribution in [2.24, 2.45) is 0 Å². The van der Waals surface area contributed by atoms with Crippen molar-refractivity contribution in [2.45, 2.75) is 55.6 Å². The number of nitrogens with one attached hydrogen (secondary N) is 3.